The van der Waals surface area contributed by atoms with Gasteiger partial charge in [-0.2, -0.15) is 0 Å². The van der Waals surface area contributed by atoms with E-state index >= 15 is 0 Å². The molecule has 98 valence electrons. The van der Waals surface area contributed by atoms with Crippen LogP contribution >= 0.6 is 0 Å². The first-order valence-corrected chi connectivity index (χ1v) is 5.79. The van der Waals surface area contributed by atoms with Gasteiger partial charge in [0.2, 0.25) is 0 Å². The largest absolute Gasteiger partial charge is 0.478 e. The normalized spacial score (nSPS) is 19.9. The second-order valence-corrected chi connectivity index (χ2v) is 4.25. The summed E-state index contributed by atoms with van der Waals surface area (Å²) >= 11 is 0. The number of hydrogen-bond acceptors (Lipinski definition) is 5. The van der Waals surface area contributed by atoms with Crippen LogP contribution in [0.25, 0.3) is 0 Å². The Labute approximate surface area is 105 Å². The molecule has 1 aliphatic rings. The van der Waals surface area contributed by atoms with Crippen LogP contribution in [0.3, 0.4) is 0 Å². The molecule has 0 radical (unpaired) electrons. The average Bonchev–Trinajstić information content (AvgIpc) is 2.38. The van der Waals surface area contributed by atoms with E-state index in [0.717, 1.165) is 0 Å². The highest BCUT2D eigenvalue weighted by Gasteiger charge is 2.25. The third-order valence-electron chi connectivity index (χ3n) is 3.00. The zero-order valence-electron chi connectivity index (χ0n) is 10.2. The van der Waals surface area contributed by atoms with E-state index in [9.17, 15) is 9.90 Å². The predicted molar refractivity (Wildman–Crippen MR) is 65.0 cm³/mol. The third kappa shape index (κ3) is 2.44. The van der Waals surface area contributed by atoms with Crippen molar-refractivity contribution in [3.63, 3.8) is 0 Å². The van der Waals surface area contributed by atoms with Crippen LogP contribution in [0.4, 0.5) is 5.82 Å². The first-order chi connectivity index (χ1) is 8.63. The molecule has 6 nitrogen and oxygen atoms in total. The predicted octanol–water partition coefficient (Wildman–Crippen LogP) is 0.286. The van der Waals surface area contributed by atoms with Gasteiger partial charge in [-0.1, -0.05) is 0 Å². The van der Waals surface area contributed by atoms with Crippen molar-refractivity contribution in [2.75, 3.05) is 31.2 Å². The Bertz CT molecular complexity index is 450. The molecule has 1 fully saturated rings. The number of aromatic carboxylic acids is 1. The van der Waals surface area contributed by atoms with Crippen molar-refractivity contribution in [1.82, 2.24) is 4.98 Å². The molecule has 1 aromatic rings. The molecule has 1 saturated heterocycles. The van der Waals surface area contributed by atoms with Crippen LogP contribution < -0.4 is 4.90 Å². The Morgan fingerprint density at radius 3 is 3.11 bits per heavy atom. The zero-order valence-corrected chi connectivity index (χ0v) is 10.2. The van der Waals surface area contributed by atoms with E-state index in [1.807, 2.05) is 4.90 Å². The van der Waals surface area contributed by atoms with Crippen molar-refractivity contribution in [2.45, 2.75) is 13.0 Å². The van der Waals surface area contributed by atoms with Crippen molar-refractivity contribution >= 4 is 11.8 Å². The number of ether oxygens (including phenoxy) is 1. The van der Waals surface area contributed by atoms with Crippen molar-refractivity contribution < 1.29 is 19.7 Å². The van der Waals surface area contributed by atoms with E-state index in [2.05, 4.69) is 4.98 Å². The first kappa shape index (κ1) is 12.8. The number of carboxylic acid groups (broad SMARTS) is 1. The Hall–Kier alpha value is -1.66. The Balaban J connectivity index is 2.32. The molecule has 18 heavy (non-hydrogen) atoms. The van der Waals surface area contributed by atoms with Crippen LogP contribution in [0.1, 0.15) is 15.9 Å². The molecule has 0 amide bonds. The lowest BCUT2D eigenvalue weighted by Gasteiger charge is -2.33. The summed E-state index contributed by atoms with van der Waals surface area (Å²) in [5, 5.41) is 18.4. The summed E-state index contributed by atoms with van der Waals surface area (Å²) in [5.41, 5.74) is 0.899. The van der Waals surface area contributed by atoms with Gasteiger partial charge >= 0.3 is 5.97 Å². The lowest BCUT2D eigenvalue weighted by molar-refractivity contribution is 0.00328. The molecule has 1 atom stereocenters. The number of anilines is 1. The molecule has 0 spiro atoms. The minimum atomic E-state index is -0.984. The molecular formula is C12H16N2O4. The lowest BCUT2D eigenvalue weighted by Crippen LogP contribution is -2.45. The number of rotatable bonds is 3. The second-order valence-electron chi connectivity index (χ2n) is 4.25. The van der Waals surface area contributed by atoms with Gasteiger partial charge in [0.25, 0.3) is 0 Å². The van der Waals surface area contributed by atoms with Gasteiger partial charge in [0.05, 0.1) is 19.3 Å². The van der Waals surface area contributed by atoms with Gasteiger partial charge in [-0.05, 0) is 18.6 Å². The molecule has 1 aliphatic heterocycles. The number of pyridine rings is 1. The van der Waals surface area contributed by atoms with Gasteiger partial charge in [-0.25, -0.2) is 9.78 Å². The van der Waals surface area contributed by atoms with E-state index in [1.165, 1.54) is 0 Å². The monoisotopic (exact) mass is 252 g/mol. The highest BCUT2D eigenvalue weighted by atomic mass is 16.5. The summed E-state index contributed by atoms with van der Waals surface area (Å²) in [4.78, 5) is 17.3. The van der Waals surface area contributed by atoms with Crippen LogP contribution in [0.5, 0.6) is 0 Å². The summed E-state index contributed by atoms with van der Waals surface area (Å²) in [6.07, 6.45) is 1.31. The number of morpholine rings is 1. The second kappa shape index (κ2) is 5.32. The Morgan fingerprint density at radius 1 is 1.67 bits per heavy atom. The smallest absolute Gasteiger partial charge is 0.339 e. The van der Waals surface area contributed by atoms with Crippen LogP contribution in [0.15, 0.2) is 12.3 Å². The van der Waals surface area contributed by atoms with Crippen LogP contribution in [0, 0.1) is 6.92 Å². The molecule has 2 heterocycles. The van der Waals surface area contributed by atoms with E-state index in [4.69, 9.17) is 9.84 Å². The maximum atomic E-state index is 11.3. The summed E-state index contributed by atoms with van der Waals surface area (Å²) in [6, 6.07) is 1.68. The van der Waals surface area contributed by atoms with Crippen LogP contribution in [-0.2, 0) is 4.74 Å². The quantitative estimate of drug-likeness (QED) is 0.804. The molecule has 0 unspecified atom stereocenters. The number of carbonyl (C=O) groups is 1. The Kier molecular flexibility index (Phi) is 3.78. The van der Waals surface area contributed by atoms with Crippen LogP contribution in [0.2, 0.25) is 0 Å². The summed E-state index contributed by atoms with van der Waals surface area (Å²) < 4.78 is 5.34. The molecule has 6 heteroatoms. The fourth-order valence-electron chi connectivity index (χ4n) is 2.07. The van der Waals surface area contributed by atoms with Gasteiger partial charge in [-0.3, -0.25) is 0 Å². The van der Waals surface area contributed by atoms with Gasteiger partial charge in [0, 0.05) is 19.3 Å². The summed E-state index contributed by atoms with van der Waals surface area (Å²) in [6.45, 7) is 3.16. The van der Waals surface area contributed by atoms with Crippen molar-refractivity contribution in [2.24, 2.45) is 0 Å². The van der Waals surface area contributed by atoms with E-state index < -0.39 is 5.97 Å². The standard InChI is InChI=1S/C12H16N2O4/c1-8-2-3-13-11(10(8)12(16)17)14-4-5-18-9(6-14)7-15/h2-3,9,15H,4-7H2,1H3,(H,16,17)/t9-/m0/s1. The molecule has 0 saturated carbocycles. The van der Waals surface area contributed by atoms with E-state index in [1.54, 1.807) is 19.2 Å². The zero-order chi connectivity index (χ0) is 13.1. The highest BCUT2D eigenvalue weighted by Crippen LogP contribution is 2.22. The van der Waals surface area contributed by atoms with Crippen LogP contribution in [-0.4, -0.2) is 53.6 Å². The van der Waals surface area contributed by atoms with Gasteiger partial charge in [0.15, 0.2) is 0 Å². The minimum Gasteiger partial charge on any atom is -0.478 e. The molecule has 2 N–H and O–H groups in total. The molecule has 0 bridgehead atoms. The van der Waals surface area contributed by atoms with Gasteiger partial charge in [-0.15, -0.1) is 0 Å². The van der Waals surface area contributed by atoms with Gasteiger partial charge in [0.1, 0.15) is 11.4 Å². The fourth-order valence-corrected chi connectivity index (χ4v) is 2.07. The topological polar surface area (TPSA) is 82.9 Å². The summed E-state index contributed by atoms with van der Waals surface area (Å²) in [7, 11) is 0. The molecule has 0 aromatic carbocycles. The molecular weight excluding hydrogens is 236 g/mol. The first-order valence-electron chi connectivity index (χ1n) is 5.79. The lowest BCUT2D eigenvalue weighted by atomic mass is 10.1. The van der Waals surface area contributed by atoms with Gasteiger partial charge < -0.3 is 19.8 Å². The fraction of sp³-hybridized carbons (Fsp3) is 0.500. The maximum absolute atomic E-state index is 11.3. The molecule has 1 aromatic heterocycles. The average molecular weight is 252 g/mol. The number of aliphatic hydroxyl groups excluding tert-OH is 1. The number of aliphatic hydroxyl groups is 1. The van der Waals surface area contributed by atoms with Crippen molar-refractivity contribution in [3.05, 3.63) is 23.4 Å². The van der Waals surface area contributed by atoms with Crippen molar-refractivity contribution in [1.29, 1.82) is 0 Å². The summed E-state index contributed by atoms with van der Waals surface area (Å²) in [5.74, 6) is -0.535. The van der Waals surface area contributed by atoms with E-state index in [-0.39, 0.29) is 18.3 Å². The number of carboxylic acids is 1. The minimum absolute atomic E-state index is 0.0787. The Morgan fingerprint density at radius 2 is 2.44 bits per heavy atom. The number of aromatic nitrogens is 1. The van der Waals surface area contributed by atoms with E-state index in [0.29, 0.717) is 31.1 Å². The van der Waals surface area contributed by atoms with Crippen molar-refractivity contribution in [3.8, 4) is 0 Å². The third-order valence-corrected chi connectivity index (χ3v) is 3.00. The molecule has 0 aliphatic carbocycles. The highest BCUT2D eigenvalue weighted by molar-refractivity contribution is 5.95. The molecule has 2 rings (SSSR count). The number of hydrogen-bond donors (Lipinski definition) is 2. The maximum Gasteiger partial charge on any atom is 0.339 e. The SMILES string of the molecule is Cc1ccnc(N2CCO[C@H](CO)C2)c1C(=O)O. The number of aryl methyl sites for hydroxylation is 1. The number of nitrogens with zero attached hydrogens (tertiary/aromatic N) is 2.